The van der Waals surface area contributed by atoms with Gasteiger partial charge in [-0.2, -0.15) is 0 Å². The van der Waals surface area contributed by atoms with Gasteiger partial charge in [0, 0.05) is 6.20 Å². The molecule has 0 saturated heterocycles. The Morgan fingerprint density at radius 3 is 2.57 bits per heavy atom. The van der Waals surface area contributed by atoms with Crippen LogP contribution in [0.4, 0.5) is 8.78 Å². The number of nitrogens with zero attached hydrogens (tertiary/aromatic N) is 1. The van der Waals surface area contributed by atoms with Crippen LogP contribution in [-0.2, 0) is 0 Å². The van der Waals surface area contributed by atoms with Gasteiger partial charge < -0.3 is 0 Å². The highest BCUT2D eigenvalue weighted by molar-refractivity contribution is 14.1. The molecular weight excluding hydrogens is 350 g/mol. The molecule has 0 aliphatic rings. The van der Waals surface area contributed by atoms with Crippen molar-refractivity contribution < 1.29 is 13.6 Å². The van der Waals surface area contributed by atoms with E-state index in [-0.39, 0.29) is 14.2 Å². The molecule has 0 aromatic carbocycles. The van der Waals surface area contributed by atoms with Crippen LogP contribution in [-0.4, -0.2) is 10.2 Å². The van der Waals surface area contributed by atoms with Crippen LogP contribution in [0.25, 0.3) is 0 Å². The zero-order valence-electron chi connectivity index (χ0n) is 6.40. The minimum Gasteiger partial charge on any atom is -0.276 e. The van der Waals surface area contributed by atoms with Gasteiger partial charge in [0.15, 0.2) is 0 Å². The number of carbonyl (C=O) groups is 1. The van der Waals surface area contributed by atoms with Crippen LogP contribution >= 0.6 is 45.8 Å². The average molecular weight is 352 g/mol. The smallest absolute Gasteiger partial charge is 0.276 e. The molecule has 0 atom stereocenters. The van der Waals surface area contributed by atoms with E-state index in [0.29, 0.717) is 0 Å². The Balaban J connectivity index is 3.41. The quantitative estimate of drug-likeness (QED) is 0.601. The van der Waals surface area contributed by atoms with Crippen molar-refractivity contribution in [2.45, 2.75) is 6.43 Å². The van der Waals surface area contributed by atoms with Crippen LogP contribution in [0.5, 0.6) is 0 Å². The van der Waals surface area contributed by atoms with E-state index in [1.807, 2.05) is 0 Å². The van der Waals surface area contributed by atoms with Gasteiger partial charge >= 0.3 is 0 Å². The van der Waals surface area contributed by atoms with E-state index < -0.39 is 17.4 Å². The molecule has 0 N–H and O–H groups in total. The first-order chi connectivity index (χ1) is 6.45. The Morgan fingerprint density at radius 1 is 1.57 bits per heavy atom. The number of rotatable bonds is 2. The molecule has 0 unspecified atom stereocenters. The van der Waals surface area contributed by atoms with E-state index >= 15 is 0 Å². The van der Waals surface area contributed by atoms with E-state index in [1.165, 1.54) is 0 Å². The van der Waals surface area contributed by atoms with Gasteiger partial charge in [0.1, 0.15) is 5.69 Å². The molecule has 0 bridgehead atoms. The maximum atomic E-state index is 12.3. The standard InChI is InChI=1S/C7H2Cl2F2INO/c8-2-1-13-5(7(10)11)4(12)3(2)6(9)14/h1,7H. The Bertz CT molecular complexity index is 386. The van der Waals surface area contributed by atoms with E-state index in [4.69, 9.17) is 23.2 Å². The topological polar surface area (TPSA) is 30.0 Å². The van der Waals surface area contributed by atoms with Crippen molar-refractivity contribution in [2.75, 3.05) is 0 Å². The Morgan fingerprint density at radius 2 is 2.14 bits per heavy atom. The van der Waals surface area contributed by atoms with Gasteiger partial charge in [-0.1, -0.05) is 11.6 Å². The average Bonchev–Trinajstić information content (AvgIpc) is 2.02. The molecule has 0 spiro atoms. The third kappa shape index (κ3) is 2.32. The Kier molecular flexibility index (Phi) is 4.03. The summed E-state index contributed by atoms with van der Waals surface area (Å²) in [6.45, 7) is 0. The third-order valence-corrected chi connectivity index (χ3v) is 2.97. The normalized spacial score (nSPS) is 10.7. The molecule has 0 aliphatic carbocycles. The Labute approximate surface area is 102 Å². The first-order valence-electron chi connectivity index (χ1n) is 3.27. The predicted octanol–water partition coefficient (Wildman–Crippen LogP) is 3.66. The SMILES string of the molecule is O=C(Cl)c1c(Cl)cnc(C(F)F)c1I. The summed E-state index contributed by atoms with van der Waals surface area (Å²) in [5.41, 5.74) is -0.613. The summed E-state index contributed by atoms with van der Waals surface area (Å²) in [6.07, 6.45) is -1.77. The molecule has 1 aromatic rings. The summed E-state index contributed by atoms with van der Waals surface area (Å²) >= 11 is 12.3. The molecule has 0 fully saturated rings. The number of alkyl halides is 2. The van der Waals surface area contributed by atoms with E-state index in [9.17, 15) is 13.6 Å². The minimum atomic E-state index is -2.76. The van der Waals surface area contributed by atoms with Crippen molar-refractivity contribution in [3.05, 3.63) is 26.0 Å². The number of pyridine rings is 1. The molecule has 7 heteroatoms. The lowest BCUT2D eigenvalue weighted by Crippen LogP contribution is -2.03. The maximum absolute atomic E-state index is 12.3. The zero-order chi connectivity index (χ0) is 10.9. The first kappa shape index (κ1) is 12.1. The van der Waals surface area contributed by atoms with E-state index in [0.717, 1.165) is 6.20 Å². The van der Waals surface area contributed by atoms with Gasteiger partial charge in [0.25, 0.3) is 11.7 Å². The molecule has 0 radical (unpaired) electrons. The lowest BCUT2D eigenvalue weighted by Gasteiger charge is -2.06. The lowest BCUT2D eigenvalue weighted by molar-refractivity contribution is 0.107. The molecule has 1 heterocycles. The summed E-state index contributed by atoms with van der Waals surface area (Å²) in [6, 6.07) is 0. The summed E-state index contributed by atoms with van der Waals surface area (Å²) in [7, 11) is 0. The molecule has 0 saturated carbocycles. The second-order valence-corrected chi connectivity index (χ2v) is 4.08. The molecule has 14 heavy (non-hydrogen) atoms. The highest BCUT2D eigenvalue weighted by Crippen LogP contribution is 2.29. The fraction of sp³-hybridized carbons (Fsp3) is 0.143. The van der Waals surface area contributed by atoms with Crippen molar-refractivity contribution in [3.63, 3.8) is 0 Å². The largest absolute Gasteiger partial charge is 0.281 e. The number of halogens is 5. The molecule has 76 valence electrons. The second kappa shape index (κ2) is 4.67. The van der Waals surface area contributed by atoms with Gasteiger partial charge in [0.05, 0.1) is 14.2 Å². The van der Waals surface area contributed by atoms with Gasteiger partial charge in [-0.3, -0.25) is 9.78 Å². The summed E-state index contributed by atoms with van der Waals surface area (Å²) in [5, 5.41) is -0.900. The third-order valence-electron chi connectivity index (χ3n) is 1.40. The van der Waals surface area contributed by atoms with Crippen molar-refractivity contribution in [1.29, 1.82) is 0 Å². The zero-order valence-corrected chi connectivity index (χ0v) is 10.1. The maximum Gasteiger partial charge on any atom is 0.281 e. The fourth-order valence-corrected chi connectivity index (χ4v) is 2.52. The summed E-state index contributed by atoms with van der Waals surface area (Å²) < 4.78 is 24.7. The molecule has 0 aliphatic heterocycles. The second-order valence-electron chi connectivity index (χ2n) is 2.25. The van der Waals surface area contributed by atoms with Gasteiger partial charge in [-0.15, -0.1) is 0 Å². The highest BCUT2D eigenvalue weighted by atomic mass is 127. The van der Waals surface area contributed by atoms with E-state index in [2.05, 4.69) is 4.98 Å². The van der Waals surface area contributed by atoms with Crippen molar-refractivity contribution in [2.24, 2.45) is 0 Å². The van der Waals surface area contributed by atoms with Crippen LogP contribution in [0.2, 0.25) is 5.02 Å². The van der Waals surface area contributed by atoms with Gasteiger partial charge in [0.2, 0.25) is 0 Å². The number of hydrogen-bond acceptors (Lipinski definition) is 2. The van der Waals surface area contributed by atoms with Crippen LogP contribution in [0, 0.1) is 3.57 Å². The van der Waals surface area contributed by atoms with Crippen LogP contribution in [0.1, 0.15) is 22.5 Å². The monoisotopic (exact) mass is 351 g/mol. The summed E-state index contributed by atoms with van der Waals surface area (Å²) in [4.78, 5) is 14.3. The minimum absolute atomic E-state index is 0.00917. The van der Waals surface area contributed by atoms with Gasteiger partial charge in [-0.05, 0) is 34.2 Å². The number of aromatic nitrogens is 1. The lowest BCUT2D eigenvalue weighted by atomic mass is 10.2. The van der Waals surface area contributed by atoms with Crippen LogP contribution < -0.4 is 0 Å². The molecule has 1 aromatic heterocycles. The fourth-order valence-electron chi connectivity index (χ4n) is 0.813. The van der Waals surface area contributed by atoms with Crippen molar-refractivity contribution >= 4 is 51.0 Å². The van der Waals surface area contributed by atoms with Crippen LogP contribution in [0.15, 0.2) is 6.20 Å². The van der Waals surface area contributed by atoms with Crippen molar-refractivity contribution in [3.8, 4) is 0 Å². The molecule has 2 nitrogen and oxygen atoms in total. The van der Waals surface area contributed by atoms with Crippen molar-refractivity contribution in [1.82, 2.24) is 4.98 Å². The van der Waals surface area contributed by atoms with Gasteiger partial charge in [-0.25, -0.2) is 8.78 Å². The summed E-state index contributed by atoms with van der Waals surface area (Å²) in [5.74, 6) is 0. The number of carbonyl (C=O) groups excluding carboxylic acids is 1. The van der Waals surface area contributed by atoms with Crippen LogP contribution in [0.3, 0.4) is 0 Å². The predicted molar refractivity (Wildman–Crippen MR) is 57.1 cm³/mol. The Hall–Kier alpha value is -0.0100. The highest BCUT2D eigenvalue weighted by Gasteiger charge is 2.21. The number of hydrogen-bond donors (Lipinski definition) is 0. The molecular formula is C7H2Cl2F2INO. The first-order valence-corrected chi connectivity index (χ1v) is 5.10. The molecule has 1 rings (SSSR count). The van der Waals surface area contributed by atoms with E-state index in [1.54, 1.807) is 22.6 Å². The molecule has 0 amide bonds.